The van der Waals surface area contributed by atoms with Gasteiger partial charge in [0.1, 0.15) is 5.75 Å². The summed E-state index contributed by atoms with van der Waals surface area (Å²) in [5.74, 6) is 0.382. The molecule has 21 heavy (non-hydrogen) atoms. The van der Waals surface area contributed by atoms with E-state index in [2.05, 4.69) is 46.9 Å². The van der Waals surface area contributed by atoms with Crippen LogP contribution in [-0.4, -0.2) is 36.2 Å². The number of halogens is 3. The summed E-state index contributed by atoms with van der Waals surface area (Å²) in [6.07, 6.45) is 0. The molecule has 0 aromatic heterocycles. The van der Waals surface area contributed by atoms with Gasteiger partial charge in [0, 0.05) is 42.3 Å². The molecule has 1 fully saturated rings. The van der Waals surface area contributed by atoms with Crippen LogP contribution in [0.4, 0.5) is 0 Å². The van der Waals surface area contributed by atoms with Crippen molar-refractivity contribution >= 4 is 40.7 Å². The molecular formula is C15H25BrCl2N2O. The molecule has 122 valence electrons. The van der Waals surface area contributed by atoms with Gasteiger partial charge in [0.2, 0.25) is 0 Å². The Morgan fingerprint density at radius 1 is 1.19 bits per heavy atom. The summed E-state index contributed by atoms with van der Waals surface area (Å²) in [5, 5.41) is 13.7. The minimum atomic E-state index is 0. The minimum absolute atomic E-state index is 0. The third-order valence-corrected chi connectivity index (χ3v) is 4.12. The Bertz CT molecular complexity index is 446. The van der Waals surface area contributed by atoms with Crippen LogP contribution in [0.3, 0.4) is 0 Å². The van der Waals surface area contributed by atoms with E-state index in [-0.39, 0.29) is 36.3 Å². The minimum Gasteiger partial charge on any atom is -0.508 e. The van der Waals surface area contributed by atoms with Gasteiger partial charge in [-0.25, -0.2) is 0 Å². The van der Waals surface area contributed by atoms with Crippen molar-refractivity contribution in [1.82, 2.24) is 10.2 Å². The number of aromatic hydroxyl groups is 1. The Morgan fingerprint density at radius 2 is 1.76 bits per heavy atom. The van der Waals surface area contributed by atoms with Crippen LogP contribution in [-0.2, 0) is 0 Å². The topological polar surface area (TPSA) is 35.5 Å². The van der Waals surface area contributed by atoms with Crippen LogP contribution >= 0.6 is 40.7 Å². The van der Waals surface area contributed by atoms with E-state index < -0.39 is 0 Å². The van der Waals surface area contributed by atoms with Crippen molar-refractivity contribution < 1.29 is 5.11 Å². The van der Waals surface area contributed by atoms with E-state index >= 15 is 0 Å². The smallest absolute Gasteiger partial charge is 0.121 e. The van der Waals surface area contributed by atoms with Crippen molar-refractivity contribution in [2.24, 2.45) is 5.41 Å². The number of benzene rings is 1. The average Bonchev–Trinajstić information content (AvgIpc) is 2.32. The highest BCUT2D eigenvalue weighted by Gasteiger charge is 2.34. The standard InChI is InChI=1S/C15H23BrN2O.2ClH/c1-15(2,3)14(18-8-6-17-7-9-18)12-5-4-11(16)10-13(12)19;;/h4-5,10,14,17,19H,6-9H2,1-3H3;2*1H/t14-;;/m0../s1. The van der Waals surface area contributed by atoms with E-state index in [4.69, 9.17) is 0 Å². The molecule has 0 unspecified atom stereocenters. The zero-order chi connectivity index (χ0) is 14.0. The lowest BCUT2D eigenvalue weighted by atomic mass is 9.80. The van der Waals surface area contributed by atoms with Gasteiger partial charge in [-0.1, -0.05) is 42.8 Å². The third-order valence-electron chi connectivity index (χ3n) is 3.62. The number of phenolic OH excluding ortho intramolecular Hbond substituents is 1. The number of nitrogens with one attached hydrogen (secondary N) is 1. The maximum Gasteiger partial charge on any atom is 0.121 e. The summed E-state index contributed by atoms with van der Waals surface area (Å²) in [4.78, 5) is 2.47. The Labute approximate surface area is 148 Å². The van der Waals surface area contributed by atoms with Crippen LogP contribution in [0.15, 0.2) is 22.7 Å². The number of hydrogen-bond donors (Lipinski definition) is 2. The van der Waals surface area contributed by atoms with Gasteiger partial charge in [0.05, 0.1) is 0 Å². The van der Waals surface area contributed by atoms with E-state index in [9.17, 15) is 5.11 Å². The first kappa shape index (κ1) is 21.0. The fourth-order valence-corrected chi connectivity index (χ4v) is 3.25. The molecule has 0 bridgehead atoms. The highest BCUT2D eigenvalue weighted by molar-refractivity contribution is 9.10. The first-order chi connectivity index (χ1) is 8.89. The monoisotopic (exact) mass is 398 g/mol. The van der Waals surface area contributed by atoms with Crippen molar-refractivity contribution in [3.8, 4) is 5.75 Å². The lowest BCUT2D eigenvalue weighted by Gasteiger charge is -2.42. The molecule has 0 spiro atoms. The maximum atomic E-state index is 10.3. The molecule has 1 aliphatic rings. The van der Waals surface area contributed by atoms with Gasteiger partial charge in [-0.05, 0) is 17.5 Å². The average molecular weight is 400 g/mol. The molecule has 1 aromatic carbocycles. The normalized spacial score (nSPS) is 17.5. The van der Waals surface area contributed by atoms with Crippen molar-refractivity contribution in [3.63, 3.8) is 0 Å². The van der Waals surface area contributed by atoms with Gasteiger partial charge in [-0.2, -0.15) is 0 Å². The molecule has 2 rings (SSSR count). The summed E-state index contributed by atoms with van der Waals surface area (Å²) in [6, 6.07) is 6.08. The van der Waals surface area contributed by atoms with Gasteiger partial charge in [-0.15, -0.1) is 24.8 Å². The van der Waals surface area contributed by atoms with E-state index in [1.54, 1.807) is 6.07 Å². The van der Waals surface area contributed by atoms with E-state index in [1.807, 2.05) is 12.1 Å². The fourth-order valence-electron chi connectivity index (χ4n) is 2.90. The van der Waals surface area contributed by atoms with Gasteiger partial charge in [-0.3, -0.25) is 4.90 Å². The summed E-state index contributed by atoms with van der Waals surface area (Å²) in [7, 11) is 0. The second kappa shape index (κ2) is 8.59. The largest absolute Gasteiger partial charge is 0.508 e. The lowest BCUT2D eigenvalue weighted by molar-refractivity contribution is 0.0842. The van der Waals surface area contributed by atoms with Crippen molar-refractivity contribution in [1.29, 1.82) is 0 Å². The van der Waals surface area contributed by atoms with E-state index in [0.29, 0.717) is 5.75 Å². The third kappa shape index (κ3) is 5.29. The van der Waals surface area contributed by atoms with Crippen molar-refractivity contribution in [3.05, 3.63) is 28.2 Å². The molecule has 1 aromatic rings. The molecule has 1 saturated heterocycles. The predicted octanol–water partition coefficient (Wildman–Crippen LogP) is 3.99. The second-order valence-corrected chi connectivity index (χ2v) is 7.17. The molecule has 1 aliphatic heterocycles. The summed E-state index contributed by atoms with van der Waals surface area (Å²) >= 11 is 3.41. The molecule has 0 radical (unpaired) electrons. The SMILES string of the molecule is CC(C)(C)[C@H](c1ccc(Br)cc1O)N1CCNCC1.Cl.Cl. The predicted molar refractivity (Wildman–Crippen MR) is 96.9 cm³/mol. The van der Waals surface area contributed by atoms with Crippen LogP contribution in [0.1, 0.15) is 32.4 Å². The van der Waals surface area contributed by atoms with Crippen LogP contribution in [0.2, 0.25) is 0 Å². The second-order valence-electron chi connectivity index (χ2n) is 6.26. The molecule has 0 aliphatic carbocycles. The molecule has 1 atom stereocenters. The quantitative estimate of drug-likeness (QED) is 0.788. The number of piperazine rings is 1. The molecule has 2 N–H and O–H groups in total. The number of hydrogen-bond acceptors (Lipinski definition) is 3. The van der Waals surface area contributed by atoms with Crippen molar-refractivity contribution in [2.75, 3.05) is 26.2 Å². The molecule has 0 saturated carbocycles. The van der Waals surface area contributed by atoms with Gasteiger partial charge < -0.3 is 10.4 Å². The number of nitrogens with zero attached hydrogens (tertiary/aromatic N) is 1. The van der Waals surface area contributed by atoms with Crippen LogP contribution in [0.5, 0.6) is 5.75 Å². The first-order valence-corrected chi connectivity index (χ1v) is 7.62. The maximum absolute atomic E-state index is 10.3. The lowest BCUT2D eigenvalue weighted by Crippen LogP contribution is -2.48. The molecule has 3 nitrogen and oxygen atoms in total. The highest BCUT2D eigenvalue weighted by Crippen LogP contribution is 2.42. The Hall–Kier alpha value is -0.000000000000000111. The van der Waals surface area contributed by atoms with Gasteiger partial charge in [0.15, 0.2) is 0 Å². The highest BCUT2D eigenvalue weighted by atomic mass is 79.9. The summed E-state index contributed by atoms with van der Waals surface area (Å²) < 4.78 is 0.918. The van der Waals surface area contributed by atoms with E-state index in [1.165, 1.54) is 0 Å². The van der Waals surface area contributed by atoms with Gasteiger partial charge >= 0.3 is 0 Å². The Balaban J connectivity index is 0.00000200. The Kier molecular flexibility index (Phi) is 8.59. The Morgan fingerprint density at radius 3 is 2.24 bits per heavy atom. The van der Waals surface area contributed by atoms with Crippen LogP contribution in [0, 0.1) is 5.41 Å². The molecule has 6 heteroatoms. The zero-order valence-corrected chi connectivity index (χ0v) is 15.9. The molecule has 0 amide bonds. The molecular weight excluding hydrogens is 375 g/mol. The fraction of sp³-hybridized carbons (Fsp3) is 0.600. The number of rotatable bonds is 2. The summed E-state index contributed by atoms with van der Waals surface area (Å²) in [5.41, 5.74) is 1.11. The van der Waals surface area contributed by atoms with Crippen LogP contribution in [0.25, 0.3) is 0 Å². The summed E-state index contributed by atoms with van der Waals surface area (Å²) in [6.45, 7) is 10.8. The number of phenols is 1. The van der Waals surface area contributed by atoms with E-state index in [0.717, 1.165) is 36.2 Å². The van der Waals surface area contributed by atoms with Crippen molar-refractivity contribution in [2.45, 2.75) is 26.8 Å². The zero-order valence-electron chi connectivity index (χ0n) is 12.7. The van der Waals surface area contributed by atoms with Crippen LogP contribution < -0.4 is 5.32 Å². The molecule has 1 heterocycles. The van der Waals surface area contributed by atoms with Gasteiger partial charge in [0.25, 0.3) is 0 Å². The first-order valence-electron chi connectivity index (χ1n) is 6.83.